The molecule has 182 valence electrons. The number of halogens is 3. The van der Waals surface area contributed by atoms with Crippen LogP contribution in [-0.4, -0.2) is 55.7 Å². The first kappa shape index (κ1) is 23.7. The van der Waals surface area contributed by atoms with Gasteiger partial charge < -0.3 is 25.8 Å². The zero-order valence-corrected chi connectivity index (χ0v) is 18.7. The number of urea groups is 1. The molecule has 0 aliphatic carbocycles. The summed E-state index contributed by atoms with van der Waals surface area (Å²) in [6, 6.07) is 15.0. The van der Waals surface area contributed by atoms with E-state index in [-0.39, 0.29) is 31.3 Å². The molecule has 34 heavy (non-hydrogen) atoms. The van der Waals surface area contributed by atoms with Crippen molar-refractivity contribution in [3.8, 4) is 0 Å². The average molecular weight is 476 g/mol. The standard InChI is InChI=1S/C24H28F3N5O2/c25-24(26,27)18-9-12-31(13-10-18)21-7-5-20(6-8-21)30-19-3-1-17(2-4-19)15-29-23(34)32-14-11-28-22(33)16-32/h1-8,18,30H,9-16H2,(H,28,33)(H,29,34). The molecule has 0 aromatic heterocycles. The molecular formula is C24H28F3N5O2. The van der Waals surface area contributed by atoms with E-state index < -0.39 is 12.1 Å². The van der Waals surface area contributed by atoms with E-state index in [1.54, 1.807) is 0 Å². The van der Waals surface area contributed by atoms with E-state index in [0.29, 0.717) is 32.7 Å². The van der Waals surface area contributed by atoms with Crippen molar-refractivity contribution in [3.05, 3.63) is 54.1 Å². The van der Waals surface area contributed by atoms with E-state index in [2.05, 4.69) is 16.0 Å². The number of piperidine rings is 1. The van der Waals surface area contributed by atoms with Crippen molar-refractivity contribution in [1.82, 2.24) is 15.5 Å². The number of rotatable bonds is 5. The van der Waals surface area contributed by atoms with E-state index in [9.17, 15) is 22.8 Å². The highest BCUT2D eigenvalue weighted by Gasteiger charge is 2.41. The number of nitrogens with zero attached hydrogens (tertiary/aromatic N) is 2. The molecule has 2 aliphatic rings. The Balaban J connectivity index is 1.25. The van der Waals surface area contributed by atoms with Gasteiger partial charge in [0, 0.05) is 49.8 Å². The van der Waals surface area contributed by atoms with Gasteiger partial charge >= 0.3 is 12.2 Å². The third-order valence-electron chi connectivity index (χ3n) is 6.20. The van der Waals surface area contributed by atoms with Gasteiger partial charge in [-0.15, -0.1) is 0 Å². The van der Waals surface area contributed by atoms with Crippen LogP contribution in [0, 0.1) is 5.92 Å². The lowest BCUT2D eigenvalue weighted by atomic mass is 9.96. The van der Waals surface area contributed by atoms with Gasteiger partial charge in [0.25, 0.3) is 0 Å². The minimum atomic E-state index is -4.10. The molecule has 3 N–H and O–H groups in total. The van der Waals surface area contributed by atoms with Crippen molar-refractivity contribution in [1.29, 1.82) is 0 Å². The zero-order valence-electron chi connectivity index (χ0n) is 18.7. The molecule has 3 amide bonds. The van der Waals surface area contributed by atoms with Gasteiger partial charge in [-0.25, -0.2) is 4.79 Å². The molecule has 0 atom stereocenters. The summed E-state index contributed by atoms with van der Waals surface area (Å²) in [6.45, 7) is 2.19. The van der Waals surface area contributed by atoms with Crippen LogP contribution in [0.1, 0.15) is 18.4 Å². The fourth-order valence-corrected chi connectivity index (χ4v) is 4.19. The number of piperazine rings is 1. The lowest BCUT2D eigenvalue weighted by molar-refractivity contribution is -0.179. The van der Waals surface area contributed by atoms with Crippen LogP contribution in [0.4, 0.5) is 35.0 Å². The van der Waals surface area contributed by atoms with Crippen LogP contribution in [0.15, 0.2) is 48.5 Å². The van der Waals surface area contributed by atoms with Crippen LogP contribution in [0.3, 0.4) is 0 Å². The molecule has 10 heteroatoms. The summed E-state index contributed by atoms with van der Waals surface area (Å²) in [6.07, 6.45) is -3.85. The third kappa shape index (κ3) is 6.12. The first-order valence-corrected chi connectivity index (χ1v) is 11.3. The van der Waals surface area contributed by atoms with Crippen molar-refractivity contribution >= 4 is 29.0 Å². The Labute approximate surface area is 196 Å². The van der Waals surface area contributed by atoms with Crippen molar-refractivity contribution in [2.75, 3.05) is 42.9 Å². The van der Waals surface area contributed by atoms with Gasteiger partial charge in [0.1, 0.15) is 6.54 Å². The van der Waals surface area contributed by atoms with Gasteiger partial charge in [0.2, 0.25) is 5.91 Å². The predicted molar refractivity (Wildman–Crippen MR) is 124 cm³/mol. The molecule has 7 nitrogen and oxygen atoms in total. The number of benzene rings is 2. The fraction of sp³-hybridized carbons (Fsp3) is 0.417. The Kier molecular flexibility index (Phi) is 7.14. The lowest BCUT2D eigenvalue weighted by Gasteiger charge is -2.34. The summed E-state index contributed by atoms with van der Waals surface area (Å²) in [5, 5.41) is 8.81. The Morgan fingerprint density at radius 1 is 0.971 bits per heavy atom. The topological polar surface area (TPSA) is 76.7 Å². The van der Waals surface area contributed by atoms with E-state index in [1.165, 1.54) is 4.90 Å². The third-order valence-corrected chi connectivity index (χ3v) is 6.20. The second-order valence-electron chi connectivity index (χ2n) is 8.60. The summed E-state index contributed by atoms with van der Waals surface area (Å²) < 4.78 is 38.6. The monoisotopic (exact) mass is 475 g/mol. The molecule has 2 aliphatic heterocycles. The molecule has 2 fully saturated rings. The molecule has 2 heterocycles. The van der Waals surface area contributed by atoms with Gasteiger partial charge in [-0.1, -0.05) is 12.1 Å². The minimum absolute atomic E-state index is 0.0688. The molecule has 0 spiro atoms. The normalized spacial score (nSPS) is 17.3. The van der Waals surface area contributed by atoms with Gasteiger partial charge in [-0.3, -0.25) is 4.79 Å². The SMILES string of the molecule is O=C1CN(C(=O)NCc2ccc(Nc3ccc(N4CCC(C(F)(F)F)CC4)cc3)cc2)CCN1. The number of carbonyl (C=O) groups is 2. The lowest BCUT2D eigenvalue weighted by Crippen LogP contribution is -2.52. The molecule has 2 aromatic carbocycles. The molecule has 0 unspecified atom stereocenters. The number of hydrogen-bond donors (Lipinski definition) is 3. The Morgan fingerprint density at radius 3 is 2.18 bits per heavy atom. The van der Waals surface area contributed by atoms with Crippen LogP contribution >= 0.6 is 0 Å². The van der Waals surface area contributed by atoms with Crippen LogP contribution in [-0.2, 0) is 11.3 Å². The van der Waals surface area contributed by atoms with Crippen molar-refractivity contribution in [2.45, 2.75) is 25.6 Å². The van der Waals surface area contributed by atoms with Crippen molar-refractivity contribution in [3.63, 3.8) is 0 Å². The summed E-state index contributed by atoms with van der Waals surface area (Å²) >= 11 is 0. The molecule has 0 radical (unpaired) electrons. The Morgan fingerprint density at radius 2 is 1.59 bits per heavy atom. The number of anilines is 3. The van der Waals surface area contributed by atoms with E-state index in [0.717, 1.165) is 22.6 Å². The minimum Gasteiger partial charge on any atom is -0.372 e. The Hall–Kier alpha value is -3.43. The summed E-state index contributed by atoms with van der Waals surface area (Å²) in [5.74, 6) is -1.36. The molecule has 0 bridgehead atoms. The van der Waals surface area contributed by atoms with Gasteiger partial charge in [-0.2, -0.15) is 13.2 Å². The van der Waals surface area contributed by atoms with E-state index in [4.69, 9.17) is 0 Å². The van der Waals surface area contributed by atoms with Crippen molar-refractivity contribution in [2.24, 2.45) is 5.92 Å². The summed E-state index contributed by atoms with van der Waals surface area (Å²) in [7, 11) is 0. The number of hydrogen-bond acceptors (Lipinski definition) is 4. The number of alkyl halides is 3. The average Bonchev–Trinajstić information content (AvgIpc) is 2.83. The highest BCUT2D eigenvalue weighted by Crippen LogP contribution is 2.35. The molecule has 2 aromatic rings. The van der Waals surface area contributed by atoms with E-state index >= 15 is 0 Å². The highest BCUT2D eigenvalue weighted by molar-refractivity contribution is 5.85. The maximum Gasteiger partial charge on any atom is 0.391 e. The van der Waals surface area contributed by atoms with Gasteiger partial charge in [-0.05, 0) is 54.8 Å². The number of amides is 3. The van der Waals surface area contributed by atoms with Crippen molar-refractivity contribution < 1.29 is 22.8 Å². The maximum absolute atomic E-state index is 12.9. The van der Waals surface area contributed by atoms with Gasteiger partial charge in [0.15, 0.2) is 0 Å². The largest absolute Gasteiger partial charge is 0.391 e. The summed E-state index contributed by atoms with van der Waals surface area (Å²) in [5.41, 5.74) is 3.60. The second kappa shape index (κ2) is 10.2. The molecular weight excluding hydrogens is 447 g/mol. The quantitative estimate of drug-likeness (QED) is 0.614. The smallest absolute Gasteiger partial charge is 0.372 e. The highest BCUT2D eigenvalue weighted by atomic mass is 19.4. The Bertz CT molecular complexity index is 987. The molecule has 0 saturated carbocycles. The van der Waals surface area contributed by atoms with Gasteiger partial charge in [0.05, 0.1) is 5.92 Å². The van der Waals surface area contributed by atoms with Crippen LogP contribution < -0.4 is 20.9 Å². The molecule has 4 rings (SSSR count). The number of carbonyl (C=O) groups excluding carboxylic acids is 2. The zero-order chi connectivity index (χ0) is 24.1. The predicted octanol–water partition coefficient (Wildman–Crippen LogP) is 3.85. The first-order valence-electron chi connectivity index (χ1n) is 11.3. The van der Waals surface area contributed by atoms with Crippen LogP contribution in [0.2, 0.25) is 0 Å². The first-order chi connectivity index (χ1) is 16.3. The fourth-order valence-electron chi connectivity index (χ4n) is 4.19. The second-order valence-corrected chi connectivity index (χ2v) is 8.60. The molecule has 2 saturated heterocycles. The maximum atomic E-state index is 12.9. The van der Waals surface area contributed by atoms with Crippen LogP contribution in [0.5, 0.6) is 0 Å². The van der Waals surface area contributed by atoms with E-state index in [1.807, 2.05) is 53.4 Å². The number of nitrogens with one attached hydrogen (secondary N) is 3. The van der Waals surface area contributed by atoms with Crippen LogP contribution in [0.25, 0.3) is 0 Å². The summed E-state index contributed by atoms with van der Waals surface area (Å²) in [4.78, 5) is 27.1.